The van der Waals surface area contributed by atoms with E-state index in [0.29, 0.717) is 12.0 Å². The van der Waals surface area contributed by atoms with Crippen LogP contribution in [0.1, 0.15) is 25.8 Å². The van der Waals surface area contributed by atoms with E-state index in [4.69, 9.17) is 0 Å². The van der Waals surface area contributed by atoms with Crippen molar-refractivity contribution in [2.24, 2.45) is 0 Å². The summed E-state index contributed by atoms with van der Waals surface area (Å²) in [6.07, 6.45) is -0.0411. The number of rotatable bonds is 6. The van der Waals surface area contributed by atoms with Crippen molar-refractivity contribution in [3.8, 4) is 6.07 Å². The topological polar surface area (TPSA) is 79.6 Å². The maximum atomic E-state index is 12.2. The number of carbonyl (C=O) groups excluding carboxylic acids is 1. The van der Waals surface area contributed by atoms with Crippen molar-refractivity contribution in [1.82, 2.24) is 10.2 Å². The molecule has 0 radical (unpaired) electrons. The van der Waals surface area contributed by atoms with E-state index < -0.39 is 12.0 Å². The minimum Gasteiger partial charge on any atom is -0.391 e. The van der Waals surface area contributed by atoms with Gasteiger partial charge in [0.2, 0.25) is 0 Å². The van der Waals surface area contributed by atoms with Crippen LogP contribution < -0.4 is 10.2 Å². The SMILES string of the molecule is CCC(O)CNC(=O)/C(C#N)=C(\C)c1ccc(N2CCN(C)CC2)cc1. The number of likely N-dealkylation sites (N-methyl/N-ethyl adjacent to an activating group) is 1. The molecule has 1 fully saturated rings. The van der Waals surface area contributed by atoms with Crippen LogP contribution in [0.25, 0.3) is 5.57 Å². The van der Waals surface area contributed by atoms with E-state index in [1.54, 1.807) is 6.92 Å². The zero-order valence-electron chi connectivity index (χ0n) is 15.8. The van der Waals surface area contributed by atoms with Gasteiger partial charge in [0.05, 0.1) is 6.10 Å². The lowest BCUT2D eigenvalue weighted by molar-refractivity contribution is -0.117. The summed E-state index contributed by atoms with van der Waals surface area (Å²) in [4.78, 5) is 16.9. The number of allylic oxidation sites excluding steroid dienone is 1. The first kappa shape index (κ1) is 20.0. The van der Waals surface area contributed by atoms with Crippen LogP contribution in [0.5, 0.6) is 0 Å². The molecule has 0 saturated carbocycles. The Kier molecular flexibility index (Phi) is 7.19. The summed E-state index contributed by atoms with van der Waals surface area (Å²) in [6, 6.07) is 9.98. The van der Waals surface area contributed by atoms with Gasteiger partial charge in [-0.15, -0.1) is 0 Å². The fourth-order valence-electron chi connectivity index (χ4n) is 2.88. The lowest BCUT2D eigenvalue weighted by Crippen LogP contribution is -2.44. The Morgan fingerprint density at radius 3 is 2.42 bits per heavy atom. The molecule has 1 heterocycles. The highest BCUT2D eigenvalue weighted by Crippen LogP contribution is 2.23. The number of piperazine rings is 1. The van der Waals surface area contributed by atoms with Gasteiger partial charge < -0.3 is 20.2 Å². The largest absolute Gasteiger partial charge is 0.391 e. The quantitative estimate of drug-likeness (QED) is 0.598. The van der Waals surface area contributed by atoms with Gasteiger partial charge in [-0.3, -0.25) is 4.79 Å². The number of amides is 1. The van der Waals surface area contributed by atoms with Crippen LogP contribution in [0.3, 0.4) is 0 Å². The number of benzene rings is 1. The zero-order chi connectivity index (χ0) is 19.1. The predicted molar refractivity (Wildman–Crippen MR) is 104 cm³/mol. The first-order chi connectivity index (χ1) is 12.5. The monoisotopic (exact) mass is 356 g/mol. The highest BCUT2D eigenvalue weighted by atomic mass is 16.3. The third-order valence-corrected chi connectivity index (χ3v) is 4.85. The molecule has 6 heteroatoms. The Morgan fingerprint density at radius 1 is 1.27 bits per heavy atom. The van der Waals surface area contributed by atoms with Crippen LogP contribution in [-0.2, 0) is 4.79 Å². The average molecular weight is 356 g/mol. The van der Waals surface area contributed by atoms with Gasteiger partial charge in [0, 0.05) is 38.4 Å². The van der Waals surface area contributed by atoms with Gasteiger partial charge in [-0.25, -0.2) is 0 Å². The summed E-state index contributed by atoms with van der Waals surface area (Å²) in [5.74, 6) is -0.444. The van der Waals surface area contributed by atoms with Gasteiger partial charge >= 0.3 is 0 Å². The molecule has 6 nitrogen and oxygen atoms in total. The molecule has 1 aliphatic heterocycles. The maximum absolute atomic E-state index is 12.2. The fourth-order valence-corrected chi connectivity index (χ4v) is 2.88. The lowest BCUT2D eigenvalue weighted by atomic mass is 10.0. The zero-order valence-corrected chi connectivity index (χ0v) is 15.8. The van der Waals surface area contributed by atoms with E-state index in [2.05, 4.69) is 22.2 Å². The van der Waals surface area contributed by atoms with E-state index in [9.17, 15) is 15.2 Å². The molecule has 0 bridgehead atoms. The van der Waals surface area contributed by atoms with Crippen LogP contribution in [0, 0.1) is 11.3 Å². The number of aliphatic hydroxyl groups is 1. The highest BCUT2D eigenvalue weighted by Gasteiger charge is 2.16. The van der Waals surface area contributed by atoms with E-state index >= 15 is 0 Å². The number of aliphatic hydroxyl groups excluding tert-OH is 1. The van der Waals surface area contributed by atoms with Crippen molar-refractivity contribution in [3.05, 3.63) is 35.4 Å². The Morgan fingerprint density at radius 2 is 1.88 bits per heavy atom. The fraction of sp³-hybridized carbons (Fsp3) is 0.500. The van der Waals surface area contributed by atoms with E-state index in [1.165, 1.54) is 0 Å². The molecule has 2 N–H and O–H groups in total. The number of hydrogen-bond acceptors (Lipinski definition) is 5. The van der Waals surface area contributed by atoms with Crippen LogP contribution in [0.2, 0.25) is 0 Å². The molecule has 0 spiro atoms. The number of anilines is 1. The molecule has 26 heavy (non-hydrogen) atoms. The standard InChI is InChI=1S/C20H28N4O2/c1-4-18(25)14-22-20(26)19(13-21)15(2)16-5-7-17(8-6-16)24-11-9-23(3)10-12-24/h5-8,18,25H,4,9-12,14H2,1-3H3,(H,22,26)/b19-15+. The third-order valence-electron chi connectivity index (χ3n) is 4.85. The lowest BCUT2D eigenvalue weighted by Gasteiger charge is -2.34. The number of hydrogen-bond donors (Lipinski definition) is 2. The second-order valence-electron chi connectivity index (χ2n) is 6.72. The third kappa shape index (κ3) is 5.07. The van der Waals surface area contributed by atoms with E-state index in [-0.39, 0.29) is 12.1 Å². The summed E-state index contributed by atoms with van der Waals surface area (Å²) >= 11 is 0. The second-order valence-corrected chi connectivity index (χ2v) is 6.72. The van der Waals surface area contributed by atoms with Gasteiger partial charge in [0.15, 0.2) is 0 Å². The Hall–Kier alpha value is -2.36. The van der Waals surface area contributed by atoms with Gasteiger partial charge in [0.1, 0.15) is 11.6 Å². The van der Waals surface area contributed by atoms with Gasteiger partial charge in [-0.1, -0.05) is 19.1 Å². The van der Waals surface area contributed by atoms with Crippen LogP contribution in [-0.4, -0.2) is 61.8 Å². The van der Waals surface area contributed by atoms with Crippen LogP contribution >= 0.6 is 0 Å². The summed E-state index contributed by atoms with van der Waals surface area (Å²) in [7, 11) is 2.13. The second kappa shape index (κ2) is 9.37. The normalized spacial score (nSPS) is 17.3. The van der Waals surface area contributed by atoms with Crippen molar-refractivity contribution in [2.75, 3.05) is 44.7 Å². The van der Waals surface area contributed by atoms with Crippen LogP contribution in [0.15, 0.2) is 29.8 Å². The molecular weight excluding hydrogens is 328 g/mol. The summed E-state index contributed by atoms with van der Waals surface area (Å²) in [5, 5.41) is 21.6. The number of nitrogens with zero attached hydrogens (tertiary/aromatic N) is 3. The predicted octanol–water partition coefficient (Wildman–Crippen LogP) is 1.62. The minimum atomic E-state index is -0.595. The van der Waals surface area contributed by atoms with Crippen molar-refractivity contribution >= 4 is 17.2 Å². The van der Waals surface area contributed by atoms with Gasteiger partial charge in [0.25, 0.3) is 5.91 Å². The molecule has 1 atom stereocenters. The van der Waals surface area contributed by atoms with Crippen molar-refractivity contribution < 1.29 is 9.90 Å². The van der Waals surface area contributed by atoms with Crippen molar-refractivity contribution in [1.29, 1.82) is 5.26 Å². The Bertz CT molecular complexity index is 683. The first-order valence-corrected chi connectivity index (χ1v) is 9.07. The molecule has 1 unspecified atom stereocenters. The van der Waals surface area contributed by atoms with Gasteiger partial charge in [-0.05, 0) is 43.7 Å². The molecule has 140 valence electrons. The van der Waals surface area contributed by atoms with E-state index in [1.807, 2.05) is 37.3 Å². The molecule has 0 aromatic heterocycles. The molecule has 1 aromatic carbocycles. The summed E-state index contributed by atoms with van der Waals surface area (Å²) < 4.78 is 0. The highest BCUT2D eigenvalue weighted by molar-refractivity contribution is 6.04. The van der Waals surface area contributed by atoms with Crippen molar-refractivity contribution in [2.45, 2.75) is 26.4 Å². The van der Waals surface area contributed by atoms with Crippen LogP contribution in [0.4, 0.5) is 5.69 Å². The maximum Gasteiger partial charge on any atom is 0.262 e. The molecule has 2 rings (SSSR count). The number of nitriles is 1. The molecule has 1 amide bonds. The summed E-state index contributed by atoms with van der Waals surface area (Å²) in [6.45, 7) is 7.85. The Labute approximate surface area is 155 Å². The molecular formula is C20H28N4O2. The Balaban J connectivity index is 2.11. The molecule has 1 aliphatic rings. The average Bonchev–Trinajstić information content (AvgIpc) is 2.67. The summed E-state index contributed by atoms with van der Waals surface area (Å²) in [5.41, 5.74) is 2.73. The van der Waals surface area contributed by atoms with Crippen molar-refractivity contribution in [3.63, 3.8) is 0 Å². The molecule has 1 aromatic rings. The number of nitrogens with one attached hydrogen (secondary N) is 1. The molecule has 1 saturated heterocycles. The van der Waals surface area contributed by atoms with E-state index in [0.717, 1.165) is 37.4 Å². The molecule has 0 aliphatic carbocycles. The smallest absolute Gasteiger partial charge is 0.262 e. The number of carbonyl (C=O) groups is 1. The van der Waals surface area contributed by atoms with Gasteiger partial charge in [-0.2, -0.15) is 5.26 Å². The first-order valence-electron chi connectivity index (χ1n) is 9.07. The minimum absolute atomic E-state index is 0.0839.